The molecular formula is C12H15N3O. The number of nitrogen functional groups attached to an aromatic ring is 1. The van der Waals surface area contributed by atoms with Crippen molar-refractivity contribution in [1.82, 2.24) is 9.97 Å². The van der Waals surface area contributed by atoms with Gasteiger partial charge < -0.3 is 10.2 Å². The molecule has 2 heterocycles. The maximum absolute atomic E-state index is 5.70. The number of aromatic nitrogens is 2. The second-order valence-electron chi connectivity index (χ2n) is 4.72. The lowest BCUT2D eigenvalue weighted by Gasteiger charge is -2.18. The van der Waals surface area contributed by atoms with Gasteiger partial charge in [-0.2, -0.15) is 0 Å². The third-order valence-electron chi connectivity index (χ3n) is 2.29. The minimum absolute atomic E-state index is 0.0571. The van der Waals surface area contributed by atoms with Crippen LogP contribution in [0.3, 0.4) is 0 Å². The van der Waals surface area contributed by atoms with E-state index in [2.05, 4.69) is 30.7 Å². The fraction of sp³-hybridized carbons (Fsp3) is 0.333. The van der Waals surface area contributed by atoms with Crippen molar-refractivity contribution in [3.8, 4) is 11.5 Å². The molecule has 0 aliphatic heterocycles. The maximum Gasteiger partial charge on any atom is 0.220 e. The Morgan fingerprint density at radius 2 is 2.00 bits per heavy atom. The van der Waals surface area contributed by atoms with Gasteiger partial charge in [-0.25, -0.2) is 9.97 Å². The number of nitrogens with zero attached hydrogens (tertiary/aromatic N) is 2. The van der Waals surface area contributed by atoms with Crippen molar-refractivity contribution in [2.45, 2.75) is 26.2 Å². The van der Waals surface area contributed by atoms with E-state index in [0.717, 1.165) is 11.4 Å². The predicted octanol–water partition coefficient (Wildman–Crippen LogP) is 2.62. The molecule has 0 amide bonds. The first kappa shape index (κ1) is 10.7. The zero-order chi connectivity index (χ0) is 11.8. The van der Waals surface area contributed by atoms with Gasteiger partial charge in [-0.3, -0.25) is 0 Å². The average molecular weight is 217 g/mol. The highest BCUT2D eigenvalue weighted by Crippen LogP contribution is 2.25. The van der Waals surface area contributed by atoms with E-state index in [1.807, 2.05) is 18.2 Å². The van der Waals surface area contributed by atoms with Gasteiger partial charge in [0.05, 0.1) is 12.0 Å². The zero-order valence-electron chi connectivity index (χ0n) is 9.69. The van der Waals surface area contributed by atoms with Gasteiger partial charge in [0.2, 0.25) is 5.95 Å². The standard InChI is InChI=1S/C12H15N3O/c1-12(2,3)10-7-8(14-11(13)15-10)9-5-4-6-16-9/h4-7H,1-3H3,(H2,13,14,15). The van der Waals surface area contributed by atoms with Crippen LogP contribution in [-0.2, 0) is 5.41 Å². The number of hydrogen-bond donors (Lipinski definition) is 1. The lowest BCUT2D eigenvalue weighted by Crippen LogP contribution is -2.15. The Kier molecular flexibility index (Phi) is 2.42. The first-order chi connectivity index (χ1) is 7.47. The van der Waals surface area contributed by atoms with Gasteiger partial charge in [0.25, 0.3) is 0 Å². The van der Waals surface area contributed by atoms with Crippen LogP contribution in [0.5, 0.6) is 0 Å². The summed E-state index contributed by atoms with van der Waals surface area (Å²) in [7, 11) is 0. The molecule has 0 radical (unpaired) electrons. The lowest BCUT2D eigenvalue weighted by molar-refractivity contribution is 0.563. The van der Waals surface area contributed by atoms with E-state index in [-0.39, 0.29) is 11.4 Å². The second kappa shape index (κ2) is 3.63. The molecule has 0 saturated carbocycles. The average Bonchev–Trinajstić information content (AvgIpc) is 2.68. The normalized spacial score (nSPS) is 11.7. The first-order valence-electron chi connectivity index (χ1n) is 5.16. The Balaban J connectivity index is 2.53. The molecule has 16 heavy (non-hydrogen) atoms. The van der Waals surface area contributed by atoms with Crippen molar-refractivity contribution >= 4 is 5.95 Å². The fourth-order valence-electron chi connectivity index (χ4n) is 1.40. The first-order valence-corrected chi connectivity index (χ1v) is 5.16. The SMILES string of the molecule is CC(C)(C)c1cc(-c2ccco2)nc(N)n1. The van der Waals surface area contributed by atoms with E-state index in [1.165, 1.54) is 0 Å². The Morgan fingerprint density at radius 3 is 2.56 bits per heavy atom. The quantitative estimate of drug-likeness (QED) is 0.797. The summed E-state index contributed by atoms with van der Waals surface area (Å²) in [6.07, 6.45) is 1.62. The fourth-order valence-corrected chi connectivity index (χ4v) is 1.40. The van der Waals surface area contributed by atoms with E-state index in [0.29, 0.717) is 5.76 Å². The van der Waals surface area contributed by atoms with Gasteiger partial charge >= 0.3 is 0 Å². The van der Waals surface area contributed by atoms with Gasteiger partial charge in [0, 0.05) is 5.41 Å². The summed E-state index contributed by atoms with van der Waals surface area (Å²) in [5.74, 6) is 0.985. The number of furan rings is 1. The van der Waals surface area contributed by atoms with Crippen LogP contribution in [0.2, 0.25) is 0 Å². The molecule has 0 spiro atoms. The number of anilines is 1. The summed E-state index contributed by atoms with van der Waals surface area (Å²) >= 11 is 0. The molecule has 2 aromatic heterocycles. The highest BCUT2D eigenvalue weighted by atomic mass is 16.3. The molecule has 2 aromatic rings. The largest absolute Gasteiger partial charge is 0.463 e. The van der Waals surface area contributed by atoms with Crippen LogP contribution < -0.4 is 5.73 Å². The topological polar surface area (TPSA) is 64.9 Å². The third-order valence-corrected chi connectivity index (χ3v) is 2.29. The maximum atomic E-state index is 5.70. The molecule has 4 nitrogen and oxygen atoms in total. The highest BCUT2D eigenvalue weighted by Gasteiger charge is 2.18. The van der Waals surface area contributed by atoms with Gasteiger partial charge in [0.15, 0.2) is 5.76 Å². The summed E-state index contributed by atoms with van der Waals surface area (Å²) in [6.45, 7) is 6.25. The summed E-state index contributed by atoms with van der Waals surface area (Å²) in [6, 6.07) is 5.59. The van der Waals surface area contributed by atoms with Crippen LogP contribution in [0.4, 0.5) is 5.95 Å². The van der Waals surface area contributed by atoms with E-state index < -0.39 is 0 Å². The molecule has 2 rings (SSSR count). The Labute approximate surface area is 94.5 Å². The molecule has 0 saturated heterocycles. The van der Waals surface area contributed by atoms with Crippen LogP contribution in [0, 0.1) is 0 Å². The van der Waals surface area contributed by atoms with Crippen LogP contribution in [0.15, 0.2) is 28.9 Å². The molecule has 0 aromatic carbocycles. The van der Waals surface area contributed by atoms with Crippen LogP contribution in [0.25, 0.3) is 11.5 Å². The number of nitrogens with two attached hydrogens (primary N) is 1. The molecule has 0 bridgehead atoms. The van der Waals surface area contributed by atoms with Gasteiger partial charge in [-0.15, -0.1) is 0 Å². The molecule has 0 unspecified atom stereocenters. The number of rotatable bonds is 1. The predicted molar refractivity (Wildman–Crippen MR) is 62.8 cm³/mol. The van der Waals surface area contributed by atoms with Crippen molar-refractivity contribution < 1.29 is 4.42 Å². The lowest BCUT2D eigenvalue weighted by atomic mass is 9.91. The minimum atomic E-state index is -0.0571. The van der Waals surface area contributed by atoms with E-state index >= 15 is 0 Å². The van der Waals surface area contributed by atoms with Crippen molar-refractivity contribution in [1.29, 1.82) is 0 Å². The molecule has 0 aliphatic rings. The molecule has 4 heteroatoms. The molecule has 2 N–H and O–H groups in total. The van der Waals surface area contributed by atoms with Crippen LogP contribution >= 0.6 is 0 Å². The molecular weight excluding hydrogens is 202 g/mol. The van der Waals surface area contributed by atoms with Crippen molar-refractivity contribution in [3.63, 3.8) is 0 Å². The van der Waals surface area contributed by atoms with Gasteiger partial charge in [0.1, 0.15) is 5.69 Å². The van der Waals surface area contributed by atoms with E-state index in [9.17, 15) is 0 Å². The number of hydrogen-bond acceptors (Lipinski definition) is 4. The van der Waals surface area contributed by atoms with Crippen molar-refractivity contribution in [2.75, 3.05) is 5.73 Å². The Morgan fingerprint density at radius 1 is 1.25 bits per heavy atom. The van der Waals surface area contributed by atoms with Crippen molar-refractivity contribution in [3.05, 3.63) is 30.2 Å². The second-order valence-corrected chi connectivity index (χ2v) is 4.72. The summed E-state index contributed by atoms with van der Waals surface area (Å²) in [4.78, 5) is 8.40. The van der Waals surface area contributed by atoms with Crippen LogP contribution in [0.1, 0.15) is 26.5 Å². The molecule has 0 atom stereocenters. The molecule has 0 fully saturated rings. The van der Waals surface area contributed by atoms with Gasteiger partial charge in [-0.05, 0) is 18.2 Å². The van der Waals surface area contributed by atoms with E-state index in [1.54, 1.807) is 6.26 Å². The highest BCUT2D eigenvalue weighted by molar-refractivity contribution is 5.54. The molecule has 0 aliphatic carbocycles. The summed E-state index contributed by atoms with van der Waals surface area (Å²) in [5.41, 5.74) is 7.27. The Bertz CT molecular complexity index is 483. The summed E-state index contributed by atoms with van der Waals surface area (Å²) < 4.78 is 5.30. The Hall–Kier alpha value is -1.84. The smallest absolute Gasteiger partial charge is 0.220 e. The van der Waals surface area contributed by atoms with Crippen LogP contribution in [-0.4, -0.2) is 9.97 Å². The third kappa shape index (κ3) is 2.05. The zero-order valence-corrected chi connectivity index (χ0v) is 9.69. The monoisotopic (exact) mass is 217 g/mol. The minimum Gasteiger partial charge on any atom is -0.463 e. The summed E-state index contributed by atoms with van der Waals surface area (Å²) in [5, 5.41) is 0. The van der Waals surface area contributed by atoms with E-state index in [4.69, 9.17) is 10.2 Å². The molecule has 84 valence electrons. The van der Waals surface area contributed by atoms with Gasteiger partial charge in [-0.1, -0.05) is 20.8 Å². The van der Waals surface area contributed by atoms with Crippen molar-refractivity contribution in [2.24, 2.45) is 0 Å².